The van der Waals surface area contributed by atoms with Crippen LogP contribution in [0.3, 0.4) is 0 Å². The minimum absolute atomic E-state index is 0.0729. The summed E-state index contributed by atoms with van der Waals surface area (Å²) in [6.07, 6.45) is 6.94. The minimum atomic E-state index is -1.01. The smallest absolute Gasteiger partial charge is 0.328 e. The summed E-state index contributed by atoms with van der Waals surface area (Å²) in [5.74, 6) is -1.01. The first-order valence-electron chi connectivity index (χ1n) is 5.46. The molecule has 19 heavy (non-hydrogen) atoms. The van der Waals surface area contributed by atoms with Crippen molar-refractivity contribution in [3.05, 3.63) is 34.1 Å². The Morgan fingerprint density at radius 3 is 2.53 bits per heavy atom. The first-order valence-corrected chi connectivity index (χ1v) is 7.07. The second kappa shape index (κ2) is 9.74. The van der Waals surface area contributed by atoms with Gasteiger partial charge in [0.25, 0.3) is 0 Å². The van der Waals surface area contributed by atoms with Gasteiger partial charge in [0.05, 0.1) is 0 Å². The third-order valence-corrected chi connectivity index (χ3v) is 3.56. The standard InChI is InChI=1S/C11H16N2O4S2/c1-11(2,19-13-17)8-9(18-12-16)6-4-3-5-7-10(14)15/h3-5,7,9H,6,8H2,1-2H3,(H,14,15)/b4-3+,7-5+. The van der Waals surface area contributed by atoms with Gasteiger partial charge in [-0.05, 0) is 26.7 Å². The molecule has 1 atom stereocenters. The first-order chi connectivity index (χ1) is 8.91. The molecule has 0 aliphatic carbocycles. The molecule has 0 aromatic rings. The lowest BCUT2D eigenvalue weighted by molar-refractivity contribution is -0.131. The Morgan fingerprint density at radius 1 is 1.32 bits per heavy atom. The molecule has 0 bridgehead atoms. The van der Waals surface area contributed by atoms with Crippen LogP contribution in [0.1, 0.15) is 26.7 Å². The van der Waals surface area contributed by atoms with Gasteiger partial charge in [-0.15, -0.1) is 9.81 Å². The Labute approximate surface area is 120 Å². The van der Waals surface area contributed by atoms with Crippen LogP contribution >= 0.6 is 23.9 Å². The first kappa shape index (κ1) is 17.8. The Balaban J connectivity index is 4.37. The summed E-state index contributed by atoms with van der Waals surface area (Å²) in [5, 5.41) is 8.32. The zero-order valence-corrected chi connectivity index (χ0v) is 12.3. The van der Waals surface area contributed by atoms with Gasteiger partial charge < -0.3 is 5.11 Å². The number of nitrogens with zero attached hydrogens (tertiary/aromatic N) is 2. The number of allylic oxidation sites excluding steroid dienone is 3. The summed E-state index contributed by atoms with van der Waals surface area (Å²) in [7, 11) is 0. The van der Waals surface area contributed by atoms with Gasteiger partial charge in [0.15, 0.2) is 0 Å². The number of carboxylic acid groups (broad SMARTS) is 1. The fourth-order valence-corrected chi connectivity index (χ4v) is 2.75. The normalized spacial score (nSPS) is 13.8. The highest BCUT2D eigenvalue weighted by molar-refractivity contribution is 7.99. The number of hydrogen-bond acceptors (Lipinski definition) is 7. The Kier molecular flexibility index (Phi) is 9.15. The van der Waals surface area contributed by atoms with E-state index in [1.807, 2.05) is 13.8 Å². The molecule has 0 aromatic carbocycles. The largest absolute Gasteiger partial charge is 0.478 e. The molecular formula is C11H16N2O4S2. The van der Waals surface area contributed by atoms with E-state index in [1.165, 1.54) is 6.08 Å². The number of carbonyl (C=O) groups is 1. The van der Waals surface area contributed by atoms with Crippen molar-refractivity contribution in [3.8, 4) is 0 Å². The number of carboxylic acids is 1. The average molecular weight is 304 g/mol. The fraction of sp³-hybridized carbons (Fsp3) is 0.545. The van der Waals surface area contributed by atoms with E-state index in [1.54, 1.807) is 12.2 Å². The quantitative estimate of drug-likeness (QED) is 0.284. The molecule has 0 radical (unpaired) electrons. The molecule has 0 fully saturated rings. The molecule has 1 N–H and O–H groups in total. The van der Waals surface area contributed by atoms with Crippen molar-refractivity contribution in [2.45, 2.75) is 36.7 Å². The number of aliphatic carboxylic acids is 1. The summed E-state index contributed by atoms with van der Waals surface area (Å²) >= 11 is 1.85. The van der Waals surface area contributed by atoms with E-state index in [0.29, 0.717) is 12.8 Å². The monoisotopic (exact) mass is 304 g/mol. The molecule has 0 aromatic heterocycles. The highest BCUT2D eigenvalue weighted by atomic mass is 32.2. The zero-order valence-electron chi connectivity index (χ0n) is 10.7. The average Bonchev–Trinajstić information content (AvgIpc) is 2.27. The van der Waals surface area contributed by atoms with Gasteiger partial charge in [0.1, 0.15) is 0 Å². The van der Waals surface area contributed by atoms with Crippen LogP contribution in [0.5, 0.6) is 0 Å². The van der Waals surface area contributed by atoms with Crippen LogP contribution in [0.15, 0.2) is 33.5 Å². The van der Waals surface area contributed by atoms with Crippen LogP contribution in [0.25, 0.3) is 0 Å². The molecule has 0 saturated heterocycles. The van der Waals surface area contributed by atoms with Crippen molar-refractivity contribution < 1.29 is 9.90 Å². The third kappa shape index (κ3) is 10.5. The summed E-state index contributed by atoms with van der Waals surface area (Å²) < 4.78 is 5.25. The van der Waals surface area contributed by atoms with Gasteiger partial charge in [-0.1, -0.05) is 18.2 Å². The fourth-order valence-electron chi connectivity index (χ4n) is 1.36. The topological polar surface area (TPSA) is 96.2 Å². The molecule has 0 aliphatic rings. The number of rotatable bonds is 10. The highest BCUT2D eigenvalue weighted by Gasteiger charge is 2.25. The molecule has 1 unspecified atom stereocenters. The van der Waals surface area contributed by atoms with Crippen LogP contribution in [-0.2, 0) is 4.79 Å². The van der Waals surface area contributed by atoms with Gasteiger partial charge in [-0.25, -0.2) is 4.79 Å². The molecular weight excluding hydrogens is 288 g/mol. The van der Waals surface area contributed by atoms with Gasteiger partial charge in [0, 0.05) is 49.1 Å². The predicted octanol–water partition coefficient (Wildman–Crippen LogP) is 3.94. The van der Waals surface area contributed by atoms with Crippen LogP contribution < -0.4 is 0 Å². The molecule has 6 nitrogen and oxygen atoms in total. The van der Waals surface area contributed by atoms with E-state index >= 15 is 0 Å². The highest BCUT2D eigenvalue weighted by Crippen LogP contribution is 2.35. The summed E-state index contributed by atoms with van der Waals surface area (Å²) in [5.41, 5.74) is 0. The lowest BCUT2D eigenvalue weighted by Gasteiger charge is -2.23. The maximum atomic E-state index is 10.3. The van der Waals surface area contributed by atoms with E-state index in [-0.39, 0.29) is 10.00 Å². The Hall–Kier alpha value is -1.15. The molecule has 0 spiro atoms. The van der Waals surface area contributed by atoms with Crippen molar-refractivity contribution in [1.82, 2.24) is 0 Å². The SMILES string of the molecule is CC(C)(CC(C/C=C/C=C/C(=O)O)SN=O)SN=O. The number of hydrogen-bond donors (Lipinski definition) is 1. The van der Waals surface area contributed by atoms with Gasteiger partial charge in [0.2, 0.25) is 0 Å². The van der Waals surface area contributed by atoms with Crippen molar-refractivity contribution in [3.63, 3.8) is 0 Å². The third-order valence-electron chi connectivity index (χ3n) is 2.08. The van der Waals surface area contributed by atoms with Crippen LogP contribution in [-0.4, -0.2) is 21.1 Å². The summed E-state index contributed by atoms with van der Waals surface area (Å²) in [6, 6.07) is 0. The zero-order chi connectivity index (χ0) is 14.7. The molecule has 0 rings (SSSR count). The van der Waals surface area contributed by atoms with Crippen LogP contribution in [0, 0.1) is 9.81 Å². The summed E-state index contributed by atoms with van der Waals surface area (Å²) in [6.45, 7) is 3.73. The lowest BCUT2D eigenvalue weighted by atomic mass is 10.0. The summed E-state index contributed by atoms with van der Waals surface area (Å²) in [4.78, 5) is 30.8. The molecule has 0 aliphatic heterocycles. The molecule has 0 heterocycles. The maximum Gasteiger partial charge on any atom is 0.328 e. The van der Waals surface area contributed by atoms with E-state index in [2.05, 4.69) is 9.16 Å². The second-order valence-electron chi connectivity index (χ2n) is 4.29. The Morgan fingerprint density at radius 2 is 2.00 bits per heavy atom. The second-order valence-corrected chi connectivity index (χ2v) is 6.76. The van der Waals surface area contributed by atoms with E-state index in [0.717, 1.165) is 30.0 Å². The molecule has 0 saturated carbocycles. The van der Waals surface area contributed by atoms with E-state index < -0.39 is 5.97 Å². The van der Waals surface area contributed by atoms with Gasteiger partial charge in [-0.3, -0.25) is 0 Å². The predicted molar refractivity (Wildman–Crippen MR) is 79.8 cm³/mol. The minimum Gasteiger partial charge on any atom is -0.478 e. The van der Waals surface area contributed by atoms with Gasteiger partial charge >= 0.3 is 5.97 Å². The number of nitroso groups, excluding NO2 is 2. The molecule has 0 amide bonds. The molecule has 8 heteroatoms. The van der Waals surface area contributed by atoms with Gasteiger partial charge in [-0.2, -0.15) is 0 Å². The maximum absolute atomic E-state index is 10.3. The Bertz CT molecular complexity index is 370. The van der Waals surface area contributed by atoms with Crippen molar-refractivity contribution in [2.75, 3.05) is 0 Å². The van der Waals surface area contributed by atoms with Crippen LogP contribution in [0.2, 0.25) is 0 Å². The lowest BCUT2D eigenvalue weighted by Crippen LogP contribution is -2.20. The van der Waals surface area contributed by atoms with Crippen molar-refractivity contribution >= 4 is 29.9 Å². The van der Waals surface area contributed by atoms with Crippen molar-refractivity contribution in [1.29, 1.82) is 0 Å². The molecule has 106 valence electrons. The van der Waals surface area contributed by atoms with Crippen LogP contribution in [0.4, 0.5) is 0 Å². The van der Waals surface area contributed by atoms with Crippen molar-refractivity contribution in [2.24, 2.45) is 9.16 Å². The van der Waals surface area contributed by atoms with E-state index in [4.69, 9.17) is 5.11 Å². The van der Waals surface area contributed by atoms with E-state index in [9.17, 15) is 14.6 Å².